The number of hydrogen-bond donors (Lipinski definition) is 0. The van der Waals surface area contributed by atoms with Gasteiger partial charge in [-0.3, -0.25) is 0 Å². The van der Waals surface area contributed by atoms with E-state index in [2.05, 4.69) is 80.8 Å². The Morgan fingerprint density at radius 2 is 1.26 bits per heavy atom. The zero-order valence-electron chi connectivity index (χ0n) is 10.9. The second-order valence-corrected chi connectivity index (χ2v) is 3.60. The average molecular weight is 248 g/mol. The third kappa shape index (κ3) is 5.86. The van der Waals surface area contributed by atoms with E-state index in [1.165, 1.54) is 16.7 Å². The molecule has 0 heterocycles. The van der Waals surface area contributed by atoms with Gasteiger partial charge in [0.25, 0.3) is 0 Å². The van der Waals surface area contributed by atoms with Crippen LogP contribution in [-0.2, 0) is 0 Å². The Morgan fingerprint density at radius 1 is 0.737 bits per heavy atom. The molecule has 2 nitrogen and oxygen atoms in total. The molecular formula is C17H16N2. The molecule has 2 aromatic carbocycles. The van der Waals surface area contributed by atoms with Crippen LogP contribution in [0.25, 0.3) is 12.2 Å². The second kappa shape index (κ2) is 10.3. The molecule has 0 saturated heterocycles. The molecule has 0 bridgehead atoms. The second-order valence-electron chi connectivity index (χ2n) is 3.60. The SMILES string of the molecule is C#N.C#N.Cc1ccccc1C=Cc1ccccc1. The first-order valence-corrected chi connectivity index (χ1v) is 5.67. The Hall–Kier alpha value is -2.84. The van der Waals surface area contributed by atoms with Gasteiger partial charge in [0.15, 0.2) is 0 Å². The van der Waals surface area contributed by atoms with E-state index in [1.807, 2.05) is 6.07 Å². The van der Waals surface area contributed by atoms with Gasteiger partial charge in [-0.15, -0.1) is 0 Å². The van der Waals surface area contributed by atoms with Gasteiger partial charge < -0.3 is 0 Å². The molecule has 94 valence electrons. The van der Waals surface area contributed by atoms with Crippen LogP contribution in [0.5, 0.6) is 0 Å². The highest BCUT2D eigenvalue weighted by Gasteiger charge is 1.90. The fourth-order valence-electron chi connectivity index (χ4n) is 1.52. The first-order valence-electron chi connectivity index (χ1n) is 5.67. The maximum absolute atomic E-state index is 6.50. The topological polar surface area (TPSA) is 47.6 Å². The van der Waals surface area contributed by atoms with Crippen LogP contribution in [0.15, 0.2) is 54.6 Å². The Labute approximate surface area is 114 Å². The molecule has 0 atom stereocenters. The molecule has 0 saturated carbocycles. The summed E-state index contributed by atoms with van der Waals surface area (Å²) < 4.78 is 0. The summed E-state index contributed by atoms with van der Waals surface area (Å²) in [6.45, 7) is 9.13. The molecule has 0 fully saturated rings. The van der Waals surface area contributed by atoms with E-state index in [0.29, 0.717) is 0 Å². The van der Waals surface area contributed by atoms with Crippen molar-refractivity contribution in [3.05, 3.63) is 71.3 Å². The molecule has 0 spiro atoms. The van der Waals surface area contributed by atoms with E-state index in [0.717, 1.165) is 0 Å². The minimum atomic E-state index is 1.24. The quantitative estimate of drug-likeness (QED) is 0.737. The highest BCUT2D eigenvalue weighted by Crippen LogP contribution is 2.11. The van der Waals surface area contributed by atoms with E-state index in [4.69, 9.17) is 10.5 Å². The molecule has 0 aliphatic carbocycles. The third-order valence-electron chi connectivity index (χ3n) is 2.44. The Balaban J connectivity index is 0.000000741. The lowest BCUT2D eigenvalue weighted by Gasteiger charge is -1.98. The van der Waals surface area contributed by atoms with Crippen molar-refractivity contribution in [1.82, 2.24) is 0 Å². The van der Waals surface area contributed by atoms with Crippen molar-refractivity contribution >= 4 is 12.2 Å². The molecule has 0 amide bonds. The highest BCUT2D eigenvalue weighted by atomic mass is 14.2. The highest BCUT2D eigenvalue weighted by molar-refractivity contribution is 5.70. The number of benzene rings is 2. The Kier molecular flexibility index (Phi) is 8.78. The summed E-state index contributed by atoms with van der Waals surface area (Å²) in [5.74, 6) is 0. The predicted octanol–water partition coefficient (Wildman–Crippen LogP) is 4.44. The Bertz CT molecular complexity index is 531. The van der Waals surface area contributed by atoms with E-state index in [9.17, 15) is 0 Å². The van der Waals surface area contributed by atoms with Crippen LogP contribution in [0, 0.1) is 30.6 Å². The van der Waals surface area contributed by atoms with Crippen molar-refractivity contribution in [2.45, 2.75) is 6.92 Å². The number of nitriles is 2. The summed E-state index contributed by atoms with van der Waals surface area (Å²) in [6, 6.07) is 18.7. The summed E-state index contributed by atoms with van der Waals surface area (Å²) in [7, 11) is 0. The maximum Gasteiger partial charge on any atom is 0.0462 e. The molecule has 0 aromatic heterocycles. The molecule has 0 aliphatic heterocycles. The minimum Gasteiger partial charge on any atom is -0.202 e. The van der Waals surface area contributed by atoms with Crippen LogP contribution in [0.2, 0.25) is 0 Å². The van der Waals surface area contributed by atoms with Gasteiger partial charge in [-0.2, -0.15) is 0 Å². The van der Waals surface area contributed by atoms with Gasteiger partial charge >= 0.3 is 0 Å². The molecule has 2 heteroatoms. The number of aryl methyl sites for hydroxylation is 1. The van der Waals surface area contributed by atoms with E-state index in [-0.39, 0.29) is 0 Å². The van der Waals surface area contributed by atoms with Crippen LogP contribution in [0.3, 0.4) is 0 Å². The van der Waals surface area contributed by atoms with Crippen LogP contribution >= 0.6 is 0 Å². The van der Waals surface area contributed by atoms with Crippen molar-refractivity contribution in [1.29, 1.82) is 10.5 Å². The van der Waals surface area contributed by atoms with Crippen molar-refractivity contribution in [2.75, 3.05) is 0 Å². The van der Waals surface area contributed by atoms with Crippen molar-refractivity contribution in [3.8, 4) is 13.1 Å². The summed E-state index contributed by atoms with van der Waals surface area (Å²) >= 11 is 0. The first kappa shape index (κ1) is 16.2. The van der Waals surface area contributed by atoms with Gasteiger partial charge in [0.2, 0.25) is 0 Å². The molecule has 19 heavy (non-hydrogen) atoms. The molecule has 0 radical (unpaired) electrons. The van der Waals surface area contributed by atoms with E-state index in [1.54, 1.807) is 0 Å². The van der Waals surface area contributed by atoms with Gasteiger partial charge in [0, 0.05) is 13.1 Å². The van der Waals surface area contributed by atoms with Gasteiger partial charge in [-0.1, -0.05) is 66.7 Å². The number of hydrogen-bond acceptors (Lipinski definition) is 2. The normalized spacial score (nSPS) is 8.68. The van der Waals surface area contributed by atoms with Crippen LogP contribution in [0.1, 0.15) is 16.7 Å². The van der Waals surface area contributed by atoms with Crippen LogP contribution in [-0.4, -0.2) is 0 Å². The molecule has 0 aliphatic rings. The first-order chi connectivity index (χ1) is 9.36. The fraction of sp³-hybridized carbons (Fsp3) is 0.0588. The van der Waals surface area contributed by atoms with Gasteiger partial charge in [0.1, 0.15) is 0 Å². The molecule has 2 rings (SSSR count). The summed E-state index contributed by atoms with van der Waals surface area (Å²) in [5, 5.41) is 13.0. The van der Waals surface area contributed by atoms with Crippen LogP contribution in [0.4, 0.5) is 0 Å². The summed E-state index contributed by atoms with van der Waals surface area (Å²) in [4.78, 5) is 0. The number of nitrogens with zero attached hydrogens (tertiary/aromatic N) is 2. The lowest BCUT2D eigenvalue weighted by atomic mass is 10.1. The average Bonchev–Trinajstić information content (AvgIpc) is 2.52. The Morgan fingerprint density at radius 3 is 1.84 bits per heavy atom. The lowest BCUT2D eigenvalue weighted by molar-refractivity contribution is 1.45. The molecule has 0 N–H and O–H groups in total. The van der Waals surface area contributed by atoms with Crippen LogP contribution < -0.4 is 0 Å². The van der Waals surface area contributed by atoms with Gasteiger partial charge in [-0.25, -0.2) is 10.5 Å². The summed E-state index contributed by atoms with van der Waals surface area (Å²) in [5.41, 5.74) is 3.83. The van der Waals surface area contributed by atoms with Crippen molar-refractivity contribution in [2.24, 2.45) is 0 Å². The van der Waals surface area contributed by atoms with Crippen molar-refractivity contribution < 1.29 is 0 Å². The molecular weight excluding hydrogens is 232 g/mol. The maximum atomic E-state index is 6.50. The fourth-order valence-corrected chi connectivity index (χ4v) is 1.52. The monoisotopic (exact) mass is 248 g/mol. The van der Waals surface area contributed by atoms with Crippen molar-refractivity contribution in [3.63, 3.8) is 0 Å². The summed E-state index contributed by atoms with van der Waals surface area (Å²) in [6.07, 6.45) is 4.30. The van der Waals surface area contributed by atoms with E-state index >= 15 is 0 Å². The largest absolute Gasteiger partial charge is 0.202 e. The van der Waals surface area contributed by atoms with Gasteiger partial charge in [0.05, 0.1) is 0 Å². The third-order valence-corrected chi connectivity index (χ3v) is 2.44. The zero-order valence-corrected chi connectivity index (χ0v) is 10.9. The zero-order chi connectivity index (χ0) is 14.5. The minimum absolute atomic E-state index is 1.24. The van der Waals surface area contributed by atoms with Gasteiger partial charge in [-0.05, 0) is 23.6 Å². The molecule has 2 aromatic rings. The van der Waals surface area contributed by atoms with E-state index < -0.39 is 0 Å². The number of rotatable bonds is 2. The smallest absolute Gasteiger partial charge is 0.0462 e. The molecule has 0 unspecified atom stereocenters. The predicted molar refractivity (Wildman–Crippen MR) is 79.9 cm³/mol. The lowest BCUT2D eigenvalue weighted by Crippen LogP contribution is -1.77. The standard InChI is InChI=1S/C15H14.2CHN/c1-13-7-5-6-10-15(13)12-11-14-8-3-2-4-9-14;2*1-2/h2-12H,1H3;2*1H.